The summed E-state index contributed by atoms with van der Waals surface area (Å²) >= 11 is 0. The first-order chi connectivity index (χ1) is 10.7. The Morgan fingerprint density at radius 2 is 1.65 bits per heavy atom. The molecule has 1 fully saturated rings. The van der Waals surface area contributed by atoms with Gasteiger partial charge in [-0.2, -0.15) is 8.61 Å². The summed E-state index contributed by atoms with van der Waals surface area (Å²) in [6, 6.07) is 3.43. The van der Waals surface area contributed by atoms with Crippen molar-refractivity contribution < 1.29 is 26.0 Å². The van der Waals surface area contributed by atoms with Gasteiger partial charge in [-0.1, -0.05) is 0 Å². The van der Waals surface area contributed by atoms with Gasteiger partial charge >= 0.3 is 0 Å². The summed E-state index contributed by atoms with van der Waals surface area (Å²) < 4.78 is 69.5. The summed E-state index contributed by atoms with van der Waals surface area (Å²) in [4.78, 5) is -0.178. The normalized spacial score (nSPS) is 18.0. The van der Waals surface area contributed by atoms with E-state index in [-0.39, 0.29) is 42.6 Å². The minimum Gasteiger partial charge on any atom is -0.494 e. The molecule has 1 aromatic rings. The highest BCUT2D eigenvalue weighted by atomic mass is 32.2. The number of ether oxygens (including phenoxy) is 1. The van der Waals surface area contributed by atoms with Crippen molar-refractivity contribution in [1.29, 1.82) is 0 Å². The molecule has 1 saturated heterocycles. The molecule has 0 N–H and O–H groups in total. The summed E-state index contributed by atoms with van der Waals surface area (Å²) in [7, 11) is -5.91. The predicted molar refractivity (Wildman–Crippen MR) is 82.7 cm³/mol. The number of sulfonamides is 2. The van der Waals surface area contributed by atoms with Crippen molar-refractivity contribution in [2.45, 2.75) is 11.8 Å². The van der Waals surface area contributed by atoms with Crippen LogP contribution in [0.3, 0.4) is 0 Å². The maximum Gasteiger partial charge on any atom is 0.243 e. The van der Waals surface area contributed by atoms with Crippen LogP contribution in [0.4, 0.5) is 4.39 Å². The summed E-state index contributed by atoms with van der Waals surface area (Å²) in [5.74, 6) is -0.827. The Kier molecular flexibility index (Phi) is 5.29. The van der Waals surface area contributed by atoms with Crippen molar-refractivity contribution >= 4 is 20.0 Å². The van der Waals surface area contributed by atoms with E-state index in [4.69, 9.17) is 4.74 Å². The van der Waals surface area contributed by atoms with E-state index in [0.29, 0.717) is 0 Å². The Morgan fingerprint density at radius 1 is 1.09 bits per heavy atom. The van der Waals surface area contributed by atoms with Gasteiger partial charge in [0.2, 0.25) is 20.0 Å². The van der Waals surface area contributed by atoms with E-state index in [1.807, 2.05) is 0 Å². The van der Waals surface area contributed by atoms with E-state index in [1.165, 1.54) is 23.5 Å². The van der Waals surface area contributed by atoms with Crippen LogP contribution < -0.4 is 4.74 Å². The predicted octanol–water partition coefficient (Wildman–Crippen LogP) is 0.490. The van der Waals surface area contributed by atoms with Crippen molar-refractivity contribution in [3.8, 4) is 5.75 Å². The molecule has 130 valence electrons. The third-order valence-corrected chi connectivity index (χ3v) is 7.49. The lowest BCUT2D eigenvalue weighted by molar-refractivity contribution is 0.273. The summed E-state index contributed by atoms with van der Waals surface area (Å²) in [5.41, 5.74) is 0. The molecule has 7 nitrogen and oxygen atoms in total. The molecule has 1 heterocycles. The van der Waals surface area contributed by atoms with Gasteiger partial charge in [0, 0.05) is 26.2 Å². The first-order valence-electron chi connectivity index (χ1n) is 7.04. The van der Waals surface area contributed by atoms with Gasteiger partial charge in [-0.05, 0) is 25.1 Å². The summed E-state index contributed by atoms with van der Waals surface area (Å²) in [5, 5.41) is 0. The molecule has 0 radical (unpaired) electrons. The van der Waals surface area contributed by atoms with Crippen LogP contribution in [-0.4, -0.2) is 64.5 Å². The van der Waals surface area contributed by atoms with Crippen LogP contribution in [0.1, 0.15) is 6.92 Å². The zero-order valence-corrected chi connectivity index (χ0v) is 14.5. The summed E-state index contributed by atoms with van der Waals surface area (Å²) in [6.45, 7) is 1.80. The largest absolute Gasteiger partial charge is 0.494 e. The topological polar surface area (TPSA) is 84.0 Å². The van der Waals surface area contributed by atoms with Gasteiger partial charge in [0.05, 0.1) is 17.8 Å². The lowest BCUT2D eigenvalue weighted by Crippen LogP contribution is -2.50. The second-order valence-electron chi connectivity index (χ2n) is 5.00. The number of benzene rings is 1. The molecule has 10 heteroatoms. The Bertz CT molecular complexity index is 772. The maximum atomic E-state index is 13.7. The van der Waals surface area contributed by atoms with E-state index in [1.54, 1.807) is 6.92 Å². The van der Waals surface area contributed by atoms with Crippen LogP contribution in [0.25, 0.3) is 0 Å². The van der Waals surface area contributed by atoms with Crippen molar-refractivity contribution in [3.63, 3.8) is 0 Å². The Hall–Kier alpha value is -1.23. The van der Waals surface area contributed by atoms with Gasteiger partial charge in [-0.15, -0.1) is 0 Å². The van der Waals surface area contributed by atoms with Gasteiger partial charge in [-0.3, -0.25) is 0 Å². The molecule has 1 aliphatic rings. The second kappa shape index (κ2) is 6.71. The van der Waals surface area contributed by atoms with Crippen LogP contribution in [-0.2, 0) is 20.0 Å². The van der Waals surface area contributed by atoms with Crippen LogP contribution in [0.2, 0.25) is 0 Å². The molecule has 0 bridgehead atoms. The van der Waals surface area contributed by atoms with Gasteiger partial charge in [0.15, 0.2) is 11.6 Å². The average molecular weight is 366 g/mol. The molecule has 23 heavy (non-hydrogen) atoms. The third-order valence-electron chi connectivity index (χ3n) is 3.72. The highest BCUT2D eigenvalue weighted by molar-refractivity contribution is 7.89. The van der Waals surface area contributed by atoms with Gasteiger partial charge in [0.25, 0.3) is 0 Å². The molecule has 2 rings (SSSR count). The Balaban J connectivity index is 2.18. The molecule has 0 unspecified atom stereocenters. The minimum atomic E-state index is -3.87. The Labute approximate surface area is 135 Å². The molecule has 1 aromatic carbocycles. The van der Waals surface area contributed by atoms with Crippen molar-refractivity contribution in [2.24, 2.45) is 0 Å². The molecule has 0 amide bonds. The zero-order valence-electron chi connectivity index (χ0n) is 12.9. The van der Waals surface area contributed by atoms with Crippen molar-refractivity contribution in [1.82, 2.24) is 8.61 Å². The van der Waals surface area contributed by atoms with Crippen LogP contribution >= 0.6 is 0 Å². The van der Waals surface area contributed by atoms with Crippen LogP contribution in [0, 0.1) is 5.82 Å². The average Bonchev–Trinajstić information content (AvgIpc) is 2.54. The van der Waals surface area contributed by atoms with Crippen molar-refractivity contribution in [3.05, 3.63) is 24.0 Å². The fourth-order valence-corrected chi connectivity index (χ4v) is 4.85. The molecular formula is C13H19FN2O5S2. The Morgan fingerprint density at radius 3 is 2.13 bits per heavy atom. The zero-order chi connectivity index (χ0) is 17.3. The smallest absolute Gasteiger partial charge is 0.243 e. The van der Waals surface area contributed by atoms with E-state index >= 15 is 0 Å². The number of hydrogen-bond acceptors (Lipinski definition) is 5. The third kappa shape index (κ3) is 3.65. The maximum absolute atomic E-state index is 13.7. The lowest BCUT2D eigenvalue weighted by atomic mass is 10.3. The highest BCUT2D eigenvalue weighted by Crippen LogP contribution is 2.24. The van der Waals surface area contributed by atoms with E-state index < -0.39 is 25.9 Å². The minimum absolute atomic E-state index is 0.0244. The van der Waals surface area contributed by atoms with Gasteiger partial charge in [-0.25, -0.2) is 21.2 Å². The van der Waals surface area contributed by atoms with Gasteiger partial charge in [0.1, 0.15) is 0 Å². The number of piperazine rings is 1. The molecule has 1 aliphatic heterocycles. The van der Waals surface area contributed by atoms with E-state index in [0.717, 1.165) is 10.4 Å². The number of halogens is 1. The number of nitrogens with zero attached hydrogens (tertiary/aromatic N) is 2. The monoisotopic (exact) mass is 366 g/mol. The molecule has 0 spiro atoms. The number of hydrogen-bond donors (Lipinski definition) is 0. The molecule has 0 atom stereocenters. The highest BCUT2D eigenvalue weighted by Gasteiger charge is 2.32. The number of methoxy groups -OCH3 is 1. The van der Waals surface area contributed by atoms with E-state index in [9.17, 15) is 21.2 Å². The lowest BCUT2D eigenvalue weighted by Gasteiger charge is -2.33. The molecular weight excluding hydrogens is 347 g/mol. The van der Waals surface area contributed by atoms with Gasteiger partial charge < -0.3 is 4.74 Å². The molecule has 0 aliphatic carbocycles. The standard InChI is InChI=1S/C13H19FN2O5S2/c1-3-22(17,18)15-6-8-16(9-7-15)23(19,20)11-4-5-13(21-2)12(14)10-11/h4-5,10H,3,6-9H2,1-2H3. The molecule has 0 saturated carbocycles. The first-order valence-corrected chi connectivity index (χ1v) is 10.1. The number of rotatable bonds is 5. The fourth-order valence-electron chi connectivity index (χ4n) is 2.33. The molecule has 0 aromatic heterocycles. The fraction of sp³-hybridized carbons (Fsp3) is 0.538. The van der Waals surface area contributed by atoms with Crippen LogP contribution in [0.5, 0.6) is 5.75 Å². The SMILES string of the molecule is CCS(=O)(=O)N1CCN(S(=O)(=O)c2ccc(OC)c(F)c2)CC1. The quantitative estimate of drug-likeness (QED) is 0.757. The summed E-state index contributed by atoms with van der Waals surface area (Å²) in [6.07, 6.45) is 0. The first kappa shape index (κ1) is 18.1. The van der Waals surface area contributed by atoms with E-state index in [2.05, 4.69) is 0 Å². The van der Waals surface area contributed by atoms with Crippen LogP contribution in [0.15, 0.2) is 23.1 Å². The second-order valence-corrected chi connectivity index (χ2v) is 9.20. The van der Waals surface area contributed by atoms with Crippen molar-refractivity contribution in [2.75, 3.05) is 39.0 Å².